The van der Waals surface area contributed by atoms with E-state index in [4.69, 9.17) is 9.26 Å². The predicted molar refractivity (Wildman–Crippen MR) is 97.0 cm³/mol. The molecule has 1 atom stereocenters. The van der Waals surface area contributed by atoms with E-state index >= 15 is 0 Å². The fourth-order valence-electron chi connectivity index (χ4n) is 3.72. The van der Waals surface area contributed by atoms with Crippen LogP contribution in [-0.2, 0) is 11.3 Å². The van der Waals surface area contributed by atoms with E-state index in [1.165, 1.54) is 0 Å². The first-order valence-electron chi connectivity index (χ1n) is 9.12. The van der Waals surface area contributed by atoms with Crippen molar-refractivity contribution in [3.05, 3.63) is 47.6 Å². The molecule has 5 rings (SSSR count). The van der Waals surface area contributed by atoms with Crippen molar-refractivity contribution in [2.24, 2.45) is 0 Å². The quantitative estimate of drug-likeness (QED) is 0.805. The van der Waals surface area contributed by atoms with Crippen LogP contribution in [0.2, 0.25) is 0 Å². The fourth-order valence-corrected chi connectivity index (χ4v) is 5.27. The summed E-state index contributed by atoms with van der Waals surface area (Å²) >= 11 is 1.93. The summed E-state index contributed by atoms with van der Waals surface area (Å²) in [6.07, 6.45) is 5.30. The number of aromatic nitrogens is 2. The van der Waals surface area contributed by atoms with Crippen LogP contribution in [0.5, 0.6) is 0 Å². The maximum Gasteiger partial charge on any atom is 0.276 e. The van der Waals surface area contributed by atoms with Crippen LogP contribution in [0.25, 0.3) is 0 Å². The highest BCUT2D eigenvalue weighted by Crippen LogP contribution is 2.46. The average Bonchev–Trinajstić information content (AvgIpc) is 3.20. The molecule has 0 radical (unpaired) electrons. The lowest BCUT2D eigenvalue weighted by Crippen LogP contribution is -2.60. The molecular formula is C19H21N3O3S. The summed E-state index contributed by atoms with van der Waals surface area (Å²) in [5, 5.41) is 3.97. The Morgan fingerprint density at radius 3 is 3.04 bits per heavy atom. The van der Waals surface area contributed by atoms with Gasteiger partial charge in [-0.3, -0.25) is 9.78 Å². The van der Waals surface area contributed by atoms with Gasteiger partial charge in [-0.1, -0.05) is 11.2 Å². The molecule has 2 aromatic heterocycles. The van der Waals surface area contributed by atoms with E-state index in [1.807, 2.05) is 40.9 Å². The van der Waals surface area contributed by atoms with Crippen molar-refractivity contribution in [1.29, 1.82) is 0 Å². The summed E-state index contributed by atoms with van der Waals surface area (Å²) in [6.45, 7) is 2.09. The van der Waals surface area contributed by atoms with E-state index in [0.29, 0.717) is 18.2 Å². The summed E-state index contributed by atoms with van der Waals surface area (Å²) < 4.78 is 11.5. The van der Waals surface area contributed by atoms with Gasteiger partial charge in [0, 0.05) is 37.0 Å². The van der Waals surface area contributed by atoms with Crippen LogP contribution < -0.4 is 0 Å². The minimum absolute atomic E-state index is 0.00951. The Morgan fingerprint density at radius 2 is 2.27 bits per heavy atom. The molecule has 7 heteroatoms. The van der Waals surface area contributed by atoms with E-state index in [0.717, 1.165) is 49.6 Å². The van der Waals surface area contributed by atoms with Gasteiger partial charge in [0.15, 0.2) is 5.69 Å². The number of nitrogens with zero attached hydrogens (tertiary/aromatic N) is 3. The molecule has 3 fully saturated rings. The van der Waals surface area contributed by atoms with Crippen molar-refractivity contribution >= 4 is 17.7 Å². The molecule has 2 aliphatic heterocycles. The first kappa shape index (κ1) is 16.3. The second-order valence-corrected chi connectivity index (χ2v) is 8.99. The third-order valence-electron chi connectivity index (χ3n) is 5.34. The van der Waals surface area contributed by atoms with Gasteiger partial charge in [0.1, 0.15) is 5.76 Å². The SMILES string of the molecule is O=C(c1cc(C2CC2)on1)N1CC2(CC(OCc3ccccn3)CS2)C1. The summed E-state index contributed by atoms with van der Waals surface area (Å²) in [5.74, 6) is 2.31. The highest BCUT2D eigenvalue weighted by Gasteiger charge is 2.51. The van der Waals surface area contributed by atoms with Crippen LogP contribution in [0.15, 0.2) is 35.0 Å². The van der Waals surface area contributed by atoms with Gasteiger partial charge in [0.2, 0.25) is 0 Å². The van der Waals surface area contributed by atoms with Crippen molar-refractivity contribution in [3.8, 4) is 0 Å². The minimum atomic E-state index is -0.00951. The first-order valence-corrected chi connectivity index (χ1v) is 10.1. The standard InChI is InChI=1S/C19H21N3O3S/c23-18(16-7-17(25-21-16)13-4-5-13)22-11-19(12-22)8-15(10-26-19)24-9-14-3-1-2-6-20-14/h1-3,6-7,13,15H,4-5,8-12H2. The van der Waals surface area contributed by atoms with Gasteiger partial charge in [-0.2, -0.15) is 0 Å². The largest absolute Gasteiger partial charge is 0.371 e. The molecule has 2 saturated heterocycles. The Bertz CT molecular complexity index is 799. The number of hydrogen-bond donors (Lipinski definition) is 0. The van der Waals surface area contributed by atoms with Gasteiger partial charge in [0.05, 0.1) is 23.2 Å². The molecule has 136 valence electrons. The minimum Gasteiger partial charge on any atom is -0.371 e. The number of thioether (sulfide) groups is 1. The predicted octanol–water partition coefficient (Wildman–Crippen LogP) is 2.86. The first-order chi connectivity index (χ1) is 12.7. The van der Waals surface area contributed by atoms with Gasteiger partial charge >= 0.3 is 0 Å². The topological polar surface area (TPSA) is 68.5 Å². The van der Waals surface area contributed by atoms with Crippen molar-refractivity contribution in [2.75, 3.05) is 18.8 Å². The molecule has 1 aliphatic carbocycles. The normalized spacial score (nSPS) is 24.0. The van der Waals surface area contributed by atoms with Gasteiger partial charge in [-0.15, -0.1) is 11.8 Å². The molecule has 1 saturated carbocycles. The van der Waals surface area contributed by atoms with Crippen molar-refractivity contribution in [1.82, 2.24) is 15.0 Å². The van der Waals surface area contributed by atoms with Gasteiger partial charge < -0.3 is 14.2 Å². The molecule has 4 heterocycles. The van der Waals surface area contributed by atoms with Crippen LogP contribution in [0.1, 0.15) is 47.1 Å². The maximum absolute atomic E-state index is 12.6. The van der Waals surface area contributed by atoms with Crippen molar-refractivity contribution < 1.29 is 14.1 Å². The average molecular weight is 371 g/mol. The molecule has 26 heavy (non-hydrogen) atoms. The van der Waals surface area contributed by atoms with E-state index < -0.39 is 0 Å². The van der Waals surface area contributed by atoms with Crippen LogP contribution in [0.3, 0.4) is 0 Å². The van der Waals surface area contributed by atoms with Gasteiger partial charge in [-0.05, 0) is 31.4 Å². The number of hydrogen-bond acceptors (Lipinski definition) is 6. The lowest BCUT2D eigenvalue weighted by atomic mass is 9.92. The molecule has 0 bridgehead atoms. The third-order valence-corrected chi connectivity index (χ3v) is 6.92. The fraction of sp³-hybridized carbons (Fsp3) is 0.526. The van der Waals surface area contributed by atoms with E-state index in [1.54, 1.807) is 6.20 Å². The molecule has 1 unspecified atom stereocenters. The van der Waals surface area contributed by atoms with Crippen LogP contribution >= 0.6 is 11.8 Å². The maximum atomic E-state index is 12.6. The number of carbonyl (C=O) groups is 1. The smallest absolute Gasteiger partial charge is 0.276 e. The van der Waals surface area contributed by atoms with Gasteiger partial charge in [0.25, 0.3) is 5.91 Å². The van der Waals surface area contributed by atoms with Crippen molar-refractivity contribution in [2.45, 2.75) is 42.6 Å². The zero-order chi connectivity index (χ0) is 17.6. The number of carbonyl (C=O) groups excluding carboxylic acids is 1. The Kier molecular flexibility index (Phi) is 4.01. The Labute approximate surface area is 156 Å². The summed E-state index contributed by atoms with van der Waals surface area (Å²) in [6, 6.07) is 7.69. The molecular weight excluding hydrogens is 350 g/mol. The Hall–Kier alpha value is -1.86. The lowest BCUT2D eigenvalue weighted by molar-refractivity contribution is 0.0241. The summed E-state index contributed by atoms with van der Waals surface area (Å²) in [7, 11) is 0. The van der Waals surface area contributed by atoms with Crippen LogP contribution in [0, 0.1) is 0 Å². The molecule has 0 N–H and O–H groups in total. The highest BCUT2D eigenvalue weighted by atomic mass is 32.2. The molecule has 2 aromatic rings. The molecule has 1 spiro atoms. The van der Waals surface area contributed by atoms with Crippen LogP contribution in [-0.4, -0.2) is 50.6 Å². The second kappa shape index (κ2) is 6.39. The third kappa shape index (κ3) is 3.14. The zero-order valence-corrected chi connectivity index (χ0v) is 15.3. The lowest BCUT2D eigenvalue weighted by Gasteiger charge is -2.47. The molecule has 6 nitrogen and oxygen atoms in total. The summed E-state index contributed by atoms with van der Waals surface area (Å²) in [4.78, 5) is 18.7. The molecule has 0 aromatic carbocycles. The molecule has 1 amide bonds. The van der Waals surface area contributed by atoms with Crippen LogP contribution in [0.4, 0.5) is 0 Å². The summed E-state index contributed by atoms with van der Waals surface area (Å²) in [5.41, 5.74) is 1.41. The number of amides is 1. The van der Waals surface area contributed by atoms with E-state index in [2.05, 4.69) is 10.1 Å². The second-order valence-electron chi connectivity index (χ2n) is 7.50. The Balaban J connectivity index is 1.13. The Morgan fingerprint density at radius 1 is 1.38 bits per heavy atom. The number of pyridine rings is 1. The monoisotopic (exact) mass is 371 g/mol. The van der Waals surface area contributed by atoms with Crippen molar-refractivity contribution in [3.63, 3.8) is 0 Å². The highest BCUT2D eigenvalue weighted by molar-refractivity contribution is 8.01. The number of rotatable bonds is 5. The van der Waals surface area contributed by atoms with E-state index in [9.17, 15) is 4.79 Å². The number of likely N-dealkylation sites (tertiary alicyclic amines) is 1. The number of ether oxygens (including phenoxy) is 1. The van der Waals surface area contributed by atoms with E-state index in [-0.39, 0.29) is 16.8 Å². The van der Waals surface area contributed by atoms with Gasteiger partial charge in [-0.25, -0.2) is 0 Å². The molecule has 3 aliphatic rings. The zero-order valence-electron chi connectivity index (χ0n) is 14.5.